The number of nitrogens with zero attached hydrogens (tertiary/aromatic N) is 3. The molecular formula is C25H16ClF3N4O2. The van der Waals surface area contributed by atoms with Crippen molar-refractivity contribution < 1.29 is 23.1 Å². The number of carbonyl (C=O) groups excluding carboxylic acids is 1. The van der Waals surface area contributed by atoms with Crippen LogP contribution < -0.4 is 5.32 Å². The molecule has 4 rings (SSSR count). The molecule has 0 saturated carbocycles. The molecule has 10 heteroatoms. The number of hydrogen-bond acceptors (Lipinski definition) is 4. The molecule has 0 aliphatic carbocycles. The number of rotatable bonds is 5. The van der Waals surface area contributed by atoms with Crippen molar-refractivity contribution in [2.75, 3.05) is 5.32 Å². The first kappa shape index (κ1) is 24.0. The summed E-state index contributed by atoms with van der Waals surface area (Å²) in [4.78, 5) is 13.0. The van der Waals surface area contributed by atoms with Gasteiger partial charge in [0.1, 0.15) is 11.8 Å². The van der Waals surface area contributed by atoms with Gasteiger partial charge in [0.25, 0.3) is 5.91 Å². The lowest BCUT2D eigenvalue weighted by Gasteiger charge is -2.15. The van der Waals surface area contributed by atoms with Crippen LogP contribution in [-0.2, 0) is 6.18 Å². The van der Waals surface area contributed by atoms with Gasteiger partial charge in [0.15, 0.2) is 5.69 Å². The van der Waals surface area contributed by atoms with Crippen molar-refractivity contribution in [1.82, 2.24) is 9.78 Å². The van der Waals surface area contributed by atoms with Crippen molar-refractivity contribution >= 4 is 23.2 Å². The maximum Gasteiger partial charge on any atom is 0.435 e. The van der Waals surface area contributed by atoms with Crippen molar-refractivity contribution in [3.8, 4) is 11.8 Å². The number of hydrogen-bond donors (Lipinski definition) is 2. The lowest BCUT2D eigenvalue weighted by molar-refractivity contribution is -0.141. The lowest BCUT2D eigenvalue weighted by atomic mass is 10.0. The number of benzene rings is 3. The average Bonchev–Trinajstić information content (AvgIpc) is 3.31. The molecule has 2 N–H and O–H groups in total. The van der Waals surface area contributed by atoms with Crippen LogP contribution in [0.5, 0.6) is 0 Å². The van der Waals surface area contributed by atoms with E-state index >= 15 is 0 Å². The second-order valence-electron chi connectivity index (χ2n) is 7.49. The van der Waals surface area contributed by atoms with Crippen LogP contribution in [0.1, 0.15) is 39.0 Å². The molecule has 1 amide bonds. The molecular weight excluding hydrogens is 481 g/mol. The summed E-state index contributed by atoms with van der Waals surface area (Å²) in [5.41, 5.74) is -0.208. The van der Waals surface area contributed by atoms with Gasteiger partial charge in [-0.25, -0.2) is 4.68 Å². The van der Waals surface area contributed by atoms with E-state index in [4.69, 9.17) is 16.9 Å². The highest BCUT2D eigenvalue weighted by Gasteiger charge is 2.36. The van der Waals surface area contributed by atoms with Crippen LogP contribution in [-0.4, -0.2) is 20.8 Å². The highest BCUT2D eigenvalue weighted by atomic mass is 35.5. The number of anilines is 1. The molecule has 1 atom stereocenters. The molecule has 0 aliphatic heterocycles. The summed E-state index contributed by atoms with van der Waals surface area (Å²) >= 11 is 6.16. The van der Waals surface area contributed by atoms with Crippen LogP contribution in [0.25, 0.3) is 5.69 Å². The second kappa shape index (κ2) is 9.62. The Labute approximate surface area is 202 Å². The first-order valence-corrected chi connectivity index (χ1v) is 10.6. The molecule has 1 aromatic heterocycles. The van der Waals surface area contributed by atoms with E-state index in [1.165, 1.54) is 36.4 Å². The van der Waals surface area contributed by atoms with Crippen molar-refractivity contribution in [2.24, 2.45) is 0 Å². The SMILES string of the molecule is N#Cc1cccc(-n2nc(C(F)(F)F)cc2C(=O)Nc2cccc(C(O)c3ccccc3Cl)c2)c1. The van der Waals surface area contributed by atoms with Crippen LogP contribution >= 0.6 is 11.6 Å². The molecule has 0 spiro atoms. The molecule has 0 radical (unpaired) electrons. The maximum absolute atomic E-state index is 13.4. The van der Waals surface area contributed by atoms with Crippen molar-refractivity contribution in [3.63, 3.8) is 0 Å². The van der Waals surface area contributed by atoms with E-state index in [0.29, 0.717) is 22.2 Å². The van der Waals surface area contributed by atoms with Gasteiger partial charge in [-0.3, -0.25) is 4.79 Å². The van der Waals surface area contributed by atoms with Gasteiger partial charge >= 0.3 is 6.18 Å². The summed E-state index contributed by atoms with van der Waals surface area (Å²) in [6, 6.07) is 21.2. The Morgan fingerprint density at radius 3 is 2.51 bits per heavy atom. The maximum atomic E-state index is 13.4. The van der Waals surface area contributed by atoms with Gasteiger partial charge in [-0.2, -0.15) is 23.5 Å². The smallest absolute Gasteiger partial charge is 0.384 e. The van der Waals surface area contributed by atoms with Crippen molar-refractivity contribution in [1.29, 1.82) is 5.26 Å². The molecule has 176 valence electrons. The molecule has 4 aromatic rings. The fraction of sp³-hybridized carbons (Fsp3) is 0.0800. The summed E-state index contributed by atoms with van der Waals surface area (Å²) in [5.74, 6) is -0.861. The predicted octanol–water partition coefficient (Wildman–Crippen LogP) is 5.75. The molecule has 0 aliphatic rings. The third-order valence-electron chi connectivity index (χ3n) is 5.11. The van der Waals surface area contributed by atoms with Gasteiger partial charge in [-0.15, -0.1) is 0 Å². The molecule has 1 heterocycles. The minimum atomic E-state index is -4.79. The van der Waals surface area contributed by atoms with E-state index in [1.807, 2.05) is 6.07 Å². The summed E-state index contributed by atoms with van der Waals surface area (Å²) < 4.78 is 40.9. The van der Waals surface area contributed by atoms with Crippen LogP contribution in [0.4, 0.5) is 18.9 Å². The van der Waals surface area contributed by atoms with Crippen LogP contribution in [0.3, 0.4) is 0 Å². The van der Waals surface area contributed by atoms with Crippen molar-refractivity contribution in [3.05, 3.63) is 112 Å². The number of aliphatic hydroxyl groups is 1. The Balaban J connectivity index is 1.68. The fourth-order valence-corrected chi connectivity index (χ4v) is 3.68. The summed E-state index contributed by atoms with van der Waals surface area (Å²) in [7, 11) is 0. The zero-order chi connectivity index (χ0) is 25.2. The highest BCUT2D eigenvalue weighted by molar-refractivity contribution is 6.31. The van der Waals surface area contributed by atoms with Crippen LogP contribution in [0.2, 0.25) is 5.02 Å². The minimum absolute atomic E-state index is 0.118. The van der Waals surface area contributed by atoms with Gasteiger partial charge < -0.3 is 10.4 Å². The number of alkyl halides is 3. The van der Waals surface area contributed by atoms with Gasteiger partial charge in [-0.05, 0) is 42.0 Å². The largest absolute Gasteiger partial charge is 0.435 e. The Morgan fingerprint density at radius 2 is 1.80 bits per heavy atom. The third kappa shape index (κ3) is 5.19. The van der Waals surface area contributed by atoms with Crippen LogP contribution in [0, 0.1) is 11.3 Å². The summed E-state index contributed by atoms with van der Waals surface area (Å²) in [5, 5.41) is 26.3. The molecule has 1 unspecified atom stereocenters. The Hall–Kier alpha value is -4.13. The number of carbonyl (C=O) groups is 1. The average molecular weight is 497 g/mol. The standard InChI is InChI=1S/C25H16ClF3N4O2/c26-20-10-2-1-9-19(20)23(34)16-6-4-7-17(12-16)31-24(35)21-13-22(25(27,28)29)32-33(21)18-8-3-5-15(11-18)14-30/h1-13,23,34H,(H,31,35). The first-order chi connectivity index (χ1) is 16.7. The summed E-state index contributed by atoms with van der Waals surface area (Å²) in [6.07, 6.45) is -5.87. The highest BCUT2D eigenvalue weighted by Crippen LogP contribution is 2.31. The zero-order valence-electron chi connectivity index (χ0n) is 17.8. The van der Waals surface area contributed by atoms with Crippen molar-refractivity contribution in [2.45, 2.75) is 12.3 Å². The third-order valence-corrected chi connectivity index (χ3v) is 5.46. The summed E-state index contributed by atoms with van der Waals surface area (Å²) in [6.45, 7) is 0. The number of halogens is 4. The number of amides is 1. The van der Waals surface area contributed by atoms with Gasteiger partial charge in [0, 0.05) is 22.3 Å². The van der Waals surface area contributed by atoms with E-state index in [2.05, 4.69) is 10.4 Å². The molecule has 0 saturated heterocycles. The van der Waals surface area contributed by atoms with E-state index in [0.717, 1.165) is 4.68 Å². The second-order valence-corrected chi connectivity index (χ2v) is 7.90. The molecule has 35 heavy (non-hydrogen) atoms. The fourth-order valence-electron chi connectivity index (χ4n) is 3.44. The normalized spacial score (nSPS) is 12.1. The monoisotopic (exact) mass is 496 g/mol. The first-order valence-electron chi connectivity index (χ1n) is 10.2. The molecule has 0 fully saturated rings. The van der Waals surface area contributed by atoms with E-state index < -0.39 is 23.9 Å². The van der Waals surface area contributed by atoms with E-state index in [1.54, 1.807) is 36.4 Å². The minimum Gasteiger partial charge on any atom is -0.384 e. The van der Waals surface area contributed by atoms with E-state index in [-0.39, 0.29) is 22.6 Å². The topological polar surface area (TPSA) is 90.9 Å². The molecule has 3 aromatic carbocycles. The number of aromatic nitrogens is 2. The Morgan fingerprint density at radius 1 is 1.06 bits per heavy atom. The predicted molar refractivity (Wildman–Crippen MR) is 123 cm³/mol. The van der Waals surface area contributed by atoms with E-state index in [9.17, 15) is 23.1 Å². The molecule has 6 nitrogen and oxygen atoms in total. The lowest BCUT2D eigenvalue weighted by Crippen LogP contribution is -2.17. The number of aliphatic hydroxyl groups excluding tert-OH is 1. The Bertz CT molecular complexity index is 1440. The number of nitriles is 1. The number of nitrogens with one attached hydrogen (secondary N) is 1. The van der Waals surface area contributed by atoms with Gasteiger partial charge in [0.2, 0.25) is 0 Å². The van der Waals surface area contributed by atoms with Crippen LogP contribution in [0.15, 0.2) is 78.9 Å². The Kier molecular flexibility index (Phi) is 6.60. The van der Waals surface area contributed by atoms with Gasteiger partial charge in [-0.1, -0.05) is 48.0 Å². The zero-order valence-corrected chi connectivity index (χ0v) is 18.5. The quantitative estimate of drug-likeness (QED) is 0.368. The van der Waals surface area contributed by atoms with Gasteiger partial charge in [0.05, 0.1) is 17.3 Å². The molecule has 0 bridgehead atoms.